The maximum atomic E-state index is 9.55. The predicted molar refractivity (Wildman–Crippen MR) is 102 cm³/mol. The molecule has 0 saturated heterocycles. The van der Waals surface area contributed by atoms with E-state index in [1.165, 1.54) is 16.7 Å². The van der Waals surface area contributed by atoms with E-state index in [4.69, 9.17) is 15.9 Å². The molecule has 1 aliphatic rings. The molecule has 3 rings (SSSR count). The molecule has 1 aromatic heterocycles. The van der Waals surface area contributed by atoms with Crippen molar-refractivity contribution in [2.24, 2.45) is 0 Å². The number of nitrogens with two attached hydrogens (primary N) is 1. The molecule has 1 heterocycles. The molecule has 0 bridgehead atoms. The van der Waals surface area contributed by atoms with E-state index in [1.54, 1.807) is 6.07 Å². The van der Waals surface area contributed by atoms with Gasteiger partial charge in [-0.05, 0) is 47.8 Å². The lowest BCUT2D eigenvalue weighted by Crippen LogP contribution is -2.03. The van der Waals surface area contributed by atoms with Crippen LogP contribution in [0.25, 0.3) is 11.6 Å². The summed E-state index contributed by atoms with van der Waals surface area (Å²) in [6, 6.07) is 12.0. The molecule has 1 aliphatic carbocycles. The van der Waals surface area contributed by atoms with E-state index in [0.717, 1.165) is 18.5 Å². The minimum absolute atomic E-state index is 0.0814. The Morgan fingerprint density at radius 1 is 1.07 bits per heavy atom. The molecule has 0 amide bonds. The Hall–Kier alpha value is -3.45. The van der Waals surface area contributed by atoms with E-state index in [1.807, 2.05) is 12.1 Å². The van der Waals surface area contributed by atoms with Gasteiger partial charge in [0.05, 0.1) is 18.0 Å². The molecule has 0 atom stereocenters. The first kappa shape index (κ1) is 19.9. The normalized spacial score (nSPS) is 12.6. The van der Waals surface area contributed by atoms with E-state index in [0.29, 0.717) is 23.5 Å². The number of carboxylic acid groups (broad SMARTS) is 2. The van der Waals surface area contributed by atoms with Gasteiger partial charge in [-0.2, -0.15) is 0 Å². The molecule has 27 heavy (non-hydrogen) atoms. The third-order valence-electron chi connectivity index (χ3n) is 3.81. The molecule has 0 saturated carbocycles. The lowest BCUT2D eigenvalue weighted by molar-refractivity contribution is -0.134. The smallest absolute Gasteiger partial charge is 0.328 e. The summed E-state index contributed by atoms with van der Waals surface area (Å²) in [5.74, 6) is -2.51. The van der Waals surface area contributed by atoms with Gasteiger partial charge in [0.15, 0.2) is 0 Å². The number of fused-ring (bicyclic) bond motifs is 1. The minimum Gasteiger partial charge on any atom is -0.478 e. The van der Waals surface area contributed by atoms with Gasteiger partial charge >= 0.3 is 11.9 Å². The van der Waals surface area contributed by atoms with Gasteiger partial charge in [0.1, 0.15) is 0 Å². The predicted octanol–water partition coefficient (Wildman–Crippen LogP) is 2.35. The monoisotopic (exact) mass is 368 g/mol. The summed E-state index contributed by atoms with van der Waals surface area (Å²) in [5, 5.41) is 24.8. The summed E-state index contributed by atoms with van der Waals surface area (Å²) >= 11 is 0. The highest BCUT2D eigenvalue weighted by atomic mass is 16.4. The zero-order valence-corrected chi connectivity index (χ0v) is 14.5. The van der Waals surface area contributed by atoms with Crippen LogP contribution >= 0.6 is 0 Å². The molecular weight excluding hydrogens is 348 g/mol. The van der Waals surface area contributed by atoms with Crippen molar-refractivity contribution in [3.05, 3.63) is 71.1 Å². The number of anilines is 1. The van der Waals surface area contributed by atoms with Gasteiger partial charge < -0.3 is 21.1 Å². The Morgan fingerprint density at radius 3 is 2.37 bits per heavy atom. The summed E-state index contributed by atoms with van der Waals surface area (Å²) in [4.78, 5) is 23.6. The largest absolute Gasteiger partial charge is 0.478 e. The lowest BCUT2D eigenvalue weighted by Gasteiger charge is -2.16. The number of carboxylic acids is 2. The number of nitrogen functional groups attached to an aromatic ring is 1. The molecule has 7 heteroatoms. The van der Waals surface area contributed by atoms with Crippen LogP contribution in [0.5, 0.6) is 0 Å². The van der Waals surface area contributed by atoms with Gasteiger partial charge in [0.2, 0.25) is 0 Å². The quantitative estimate of drug-likeness (QED) is 0.609. The number of aliphatic carboxylic acids is 2. The molecule has 1 aromatic carbocycles. The number of nitrogens with zero attached hydrogens (tertiary/aromatic N) is 1. The maximum absolute atomic E-state index is 9.55. The van der Waals surface area contributed by atoms with Gasteiger partial charge in [-0.15, -0.1) is 0 Å². The second-order valence-corrected chi connectivity index (χ2v) is 5.81. The summed E-state index contributed by atoms with van der Waals surface area (Å²) in [5.41, 5.74) is 11.8. The highest BCUT2D eigenvalue weighted by Gasteiger charge is 2.13. The summed E-state index contributed by atoms with van der Waals surface area (Å²) in [7, 11) is 0. The number of carbonyl (C=O) groups is 2. The first-order valence-electron chi connectivity index (χ1n) is 8.19. The van der Waals surface area contributed by atoms with E-state index in [-0.39, 0.29) is 6.61 Å². The van der Waals surface area contributed by atoms with Gasteiger partial charge in [0, 0.05) is 17.8 Å². The maximum Gasteiger partial charge on any atom is 0.328 e. The van der Waals surface area contributed by atoms with Crippen LogP contribution in [-0.4, -0.2) is 32.2 Å². The van der Waals surface area contributed by atoms with Crippen LogP contribution in [-0.2, 0) is 22.6 Å². The molecule has 140 valence electrons. The third kappa shape index (κ3) is 6.09. The molecule has 2 aromatic rings. The van der Waals surface area contributed by atoms with Crippen LogP contribution in [0.15, 0.2) is 48.6 Å². The van der Waals surface area contributed by atoms with Crippen molar-refractivity contribution < 1.29 is 24.9 Å². The van der Waals surface area contributed by atoms with E-state index >= 15 is 0 Å². The Kier molecular flexibility index (Phi) is 6.85. The van der Waals surface area contributed by atoms with Crippen molar-refractivity contribution in [3.63, 3.8) is 0 Å². The molecular formula is C20H20N2O5. The van der Waals surface area contributed by atoms with Crippen molar-refractivity contribution in [1.82, 2.24) is 4.98 Å². The topological polar surface area (TPSA) is 134 Å². The summed E-state index contributed by atoms with van der Waals surface area (Å²) < 4.78 is 0. The van der Waals surface area contributed by atoms with Crippen LogP contribution in [0, 0.1) is 0 Å². The molecule has 0 radical (unpaired) electrons. The fourth-order valence-electron chi connectivity index (χ4n) is 2.63. The van der Waals surface area contributed by atoms with Gasteiger partial charge in [0.25, 0.3) is 0 Å². The average molecular weight is 368 g/mol. The fraction of sp³-hybridized carbons (Fsp3) is 0.150. The van der Waals surface area contributed by atoms with Gasteiger partial charge in [-0.25, -0.2) is 9.59 Å². The van der Waals surface area contributed by atoms with Crippen molar-refractivity contribution in [2.75, 3.05) is 5.73 Å². The minimum atomic E-state index is -1.26. The van der Waals surface area contributed by atoms with Crippen molar-refractivity contribution in [1.29, 1.82) is 0 Å². The number of hydrogen-bond acceptors (Lipinski definition) is 5. The number of hydrogen-bond donors (Lipinski definition) is 4. The third-order valence-corrected chi connectivity index (χ3v) is 3.81. The first-order valence-corrected chi connectivity index (χ1v) is 8.19. The molecule has 7 nitrogen and oxygen atoms in total. The number of rotatable bonds is 4. The van der Waals surface area contributed by atoms with Gasteiger partial charge in [-0.1, -0.05) is 24.3 Å². The van der Waals surface area contributed by atoms with Crippen LogP contribution in [0.1, 0.15) is 28.9 Å². The van der Waals surface area contributed by atoms with Gasteiger partial charge in [-0.3, -0.25) is 4.98 Å². The van der Waals surface area contributed by atoms with Crippen LogP contribution in [0.3, 0.4) is 0 Å². The molecule has 0 spiro atoms. The van der Waals surface area contributed by atoms with E-state index in [2.05, 4.69) is 29.3 Å². The molecule has 5 N–H and O–H groups in total. The second-order valence-electron chi connectivity index (χ2n) is 5.81. The summed E-state index contributed by atoms with van der Waals surface area (Å²) in [6.45, 7) is -0.0814. The standard InChI is InChI=1S/C16H16N2O.C4H4O4/c17-14-8-15(10-19)18-16(9-14)13-6-5-11-3-1-2-4-12(11)7-13;5-3(6)1-2-4(7)8/h1-4,7-9,19H,5-6,10H2,(H2,17,18);1-2H,(H,5,6)(H,7,8). The SMILES string of the molecule is Nc1cc(CO)nc(C2=Cc3ccccc3CC2)c1.O=C(O)C=CC(=O)O. The van der Waals surface area contributed by atoms with Crippen molar-refractivity contribution in [3.8, 4) is 0 Å². The number of pyridine rings is 1. The zero-order chi connectivity index (χ0) is 19.8. The van der Waals surface area contributed by atoms with E-state index < -0.39 is 11.9 Å². The number of allylic oxidation sites excluding steroid dienone is 1. The van der Waals surface area contributed by atoms with Crippen LogP contribution < -0.4 is 5.73 Å². The Balaban J connectivity index is 0.000000279. The number of aliphatic hydroxyl groups excluding tert-OH is 1. The molecule has 0 fully saturated rings. The zero-order valence-electron chi connectivity index (χ0n) is 14.5. The number of benzene rings is 1. The van der Waals surface area contributed by atoms with Crippen LogP contribution in [0.4, 0.5) is 5.69 Å². The Bertz CT molecular complexity index is 887. The van der Waals surface area contributed by atoms with Crippen molar-refractivity contribution >= 4 is 29.3 Å². The second kappa shape index (κ2) is 9.30. The molecule has 0 unspecified atom stereocenters. The lowest BCUT2D eigenvalue weighted by atomic mass is 9.90. The Labute approximate surface area is 156 Å². The van der Waals surface area contributed by atoms with Crippen molar-refractivity contribution in [2.45, 2.75) is 19.4 Å². The van der Waals surface area contributed by atoms with Crippen LogP contribution in [0.2, 0.25) is 0 Å². The Morgan fingerprint density at radius 2 is 1.74 bits per heavy atom. The number of aromatic nitrogens is 1. The number of aryl methyl sites for hydroxylation is 1. The highest BCUT2D eigenvalue weighted by molar-refractivity contribution is 5.89. The fourth-order valence-corrected chi connectivity index (χ4v) is 2.63. The summed E-state index contributed by atoms with van der Waals surface area (Å²) in [6.07, 6.45) is 5.26. The first-order chi connectivity index (χ1) is 12.9. The highest BCUT2D eigenvalue weighted by Crippen LogP contribution is 2.30. The molecule has 0 aliphatic heterocycles. The average Bonchev–Trinajstić information content (AvgIpc) is 2.66. The number of aliphatic hydroxyl groups is 1. The van der Waals surface area contributed by atoms with E-state index in [9.17, 15) is 14.7 Å².